The zero-order chi connectivity index (χ0) is 14.4. The third kappa shape index (κ3) is 3.51. The number of rotatable bonds is 5. The van der Waals surface area contributed by atoms with Crippen LogP contribution < -0.4 is 14.8 Å². The van der Waals surface area contributed by atoms with E-state index in [1.807, 2.05) is 30.3 Å². The van der Waals surface area contributed by atoms with Crippen LogP contribution >= 0.6 is 0 Å². The summed E-state index contributed by atoms with van der Waals surface area (Å²) in [6, 6.07) is 14.9. The summed E-state index contributed by atoms with van der Waals surface area (Å²) in [6.07, 6.45) is 0.321. The van der Waals surface area contributed by atoms with Crippen LogP contribution in [0.15, 0.2) is 48.5 Å². The lowest BCUT2D eigenvalue weighted by Gasteiger charge is -2.11. The average Bonchev–Trinajstić information content (AvgIpc) is 2.48. The van der Waals surface area contributed by atoms with Gasteiger partial charge in [0.2, 0.25) is 5.91 Å². The van der Waals surface area contributed by atoms with Gasteiger partial charge in [0.15, 0.2) is 0 Å². The highest BCUT2D eigenvalue weighted by Crippen LogP contribution is 2.28. The van der Waals surface area contributed by atoms with Gasteiger partial charge in [0.05, 0.1) is 26.3 Å². The number of nitrogens with one attached hydrogen (secondary N) is 1. The topological polar surface area (TPSA) is 47.6 Å². The van der Waals surface area contributed by atoms with Crippen molar-refractivity contribution in [3.8, 4) is 11.5 Å². The van der Waals surface area contributed by atoms with Crippen LogP contribution in [0.1, 0.15) is 5.56 Å². The number of hydrogen-bond acceptors (Lipinski definition) is 3. The van der Waals surface area contributed by atoms with E-state index in [0.29, 0.717) is 23.6 Å². The van der Waals surface area contributed by atoms with Crippen LogP contribution in [-0.4, -0.2) is 20.1 Å². The molecule has 0 radical (unpaired) electrons. The Morgan fingerprint density at radius 2 is 1.80 bits per heavy atom. The van der Waals surface area contributed by atoms with Crippen molar-refractivity contribution in [2.24, 2.45) is 0 Å². The van der Waals surface area contributed by atoms with E-state index < -0.39 is 0 Å². The monoisotopic (exact) mass is 271 g/mol. The fourth-order valence-electron chi connectivity index (χ4n) is 1.89. The van der Waals surface area contributed by atoms with E-state index in [0.717, 1.165) is 5.56 Å². The Morgan fingerprint density at radius 1 is 1.05 bits per heavy atom. The molecule has 0 atom stereocenters. The van der Waals surface area contributed by atoms with Crippen LogP contribution in [-0.2, 0) is 11.2 Å². The van der Waals surface area contributed by atoms with Crippen LogP contribution in [0.3, 0.4) is 0 Å². The molecule has 104 valence electrons. The minimum Gasteiger partial charge on any atom is -0.497 e. The fraction of sp³-hybridized carbons (Fsp3) is 0.188. The molecule has 1 amide bonds. The molecule has 0 aliphatic heterocycles. The molecule has 0 spiro atoms. The summed E-state index contributed by atoms with van der Waals surface area (Å²) in [5, 5.41) is 2.84. The molecular weight excluding hydrogens is 254 g/mol. The Morgan fingerprint density at radius 3 is 2.45 bits per heavy atom. The summed E-state index contributed by atoms with van der Waals surface area (Å²) in [5.74, 6) is 1.18. The number of carbonyl (C=O) groups is 1. The van der Waals surface area contributed by atoms with Crippen LogP contribution in [0.25, 0.3) is 0 Å². The molecular formula is C16H17NO3. The van der Waals surface area contributed by atoms with Gasteiger partial charge in [-0.3, -0.25) is 4.79 Å². The molecule has 0 aromatic heterocycles. The molecule has 0 aliphatic rings. The molecule has 0 fully saturated rings. The molecule has 2 rings (SSSR count). The van der Waals surface area contributed by atoms with Crippen molar-refractivity contribution in [3.05, 3.63) is 54.1 Å². The highest BCUT2D eigenvalue weighted by Gasteiger charge is 2.09. The zero-order valence-electron chi connectivity index (χ0n) is 11.6. The maximum atomic E-state index is 12.0. The van der Waals surface area contributed by atoms with E-state index in [-0.39, 0.29) is 5.91 Å². The number of methoxy groups -OCH3 is 2. The lowest BCUT2D eigenvalue weighted by atomic mass is 10.1. The van der Waals surface area contributed by atoms with Gasteiger partial charge in [0, 0.05) is 6.07 Å². The van der Waals surface area contributed by atoms with Crippen molar-refractivity contribution >= 4 is 11.6 Å². The van der Waals surface area contributed by atoms with E-state index in [2.05, 4.69) is 5.32 Å². The summed E-state index contributed by atoms with van der Waals surface area (Å²) in [4.78, 5) is 12.0. The Kier molecular flexibility index (Phi) is 4.60. The molecule has 2 aromatic rings. The van der Waals surface area contributed by atoms with Gasteiger partial charge in [-0.1, -0.05) is 30.3 Å². The van der Waals surface area contributed by atoms with Crippen molar-refractivity contribution in [3.63, 3.8) is 0 Å². The average molecular weight is 271 g/mol. The lowest BCUT2D eigenvalue weighted by molar-refractivity contribution is -0.115. The van der Waals surface area contributed by atoms with Crippen LogP contribution in [0.2, 0.25) is 0 Å². The first kappa shape index (κ1) is 13.9. The number of carbonyl (C=O) groups excluding carboxylic acids is 1. The molecule has 4 heteroatoms. The van der Waals surface area contributed by atoms with Crippen molar-refractivity contribution in [1.82, 2.24) is 0 Å². The minimum absolute atomic E-state index is 0.0947. The predicted octanol–water partition coefficient (Wildman–Crippen LogP) is 2.89. The van der Waals surface area contributed by atoms with Gasteiger partial charge in [-0.15, -0.1) is 0 Å². The van der Waals surface area contributed by atoms with Crippen LogP contribution in [0.5, 0.6) is 11.5 Å². The van der Waals surface area contributed by atoms with E-state index in [1.165, 1.54) is 0 Å². The van der Waals surface area contributed by atoms with Gasteiger partial charge in [-0.25, -0.2) is 0 Å². The highest BCUT2D eigenvalue weighted by atomic mass is 16.5. The molecule has 4 nitrogen and oxygen atoms in total. The van der Waals surface area contributed by atoms with E-state index in [1.54, 1.807) is 32.4 Å². The Labute approximate surface area is 118 Å². The summed E-state index contributed by atoms with van der Waals surface area (Å²) >= 11 is 0. The molecule has 20 heavy (non-hydrogen) atoms. The first-order valence-electron chi connectivity index (χ1n) is 6.28. The summed E-state index contributed by atoms with van der Waals surface area (Å²) in [5.41, 5.74) is 1.57. The Balaban J connectivity index is 2.10. The number of hydrogen-bond donors (Lipinski definition) is 1. The quantitative estimate of drug-likeness (QED) is 0.909. The SMILES string of the molecule is COc1ccc(OC)c(NC(=O)Cc2ccccc2)c1. The lowest BCUT2D eigenvalue weighted by Crippen LogP contribution is -2.15. The Hall–Kier alpha value is -2.49. The summed E-state index contributed by atoms with van der Waals surface area (Å²) < 4.78 is 10.4. The maximum absolute atomic E-state index is 12.0. The normalized spacial score (nSPS) is 9.90. The molecule has 0 heterocycles. The minimum atomic E-state index is -0.0947. The van der Waals surface area contributed by atoms with Gasteiger partial charge in [-0.2, -0.15) is 0 Å². The molecule has 2 aromatic carbocycles. The molecule has 1 N–H and O–H groups in total. The number of ether oxygens (including phenoxy) is 2. The van der Waals surface area contributed by atoms with Crippen LogP contribution in [0, 0.1) is 0 Å². The molecule has 0 saturated heterocycles. The predicted molar refractivity (Wildman–Crippen MR) is 78.3 cm³/mol. The first-order valence-corrected chi connectivity index (χ1v) is 6.28. The standard InChI is InChI=1S/C16H17NO3/c1-19-13-8-9-15(20-2)14(11-13)17-16(18)10-12-6-4-3-5-7-12/h3-9,11H,10H2,1-2H3,(H,17,18). The van der Waals surface area contributed by atoms with Crippen molar-refractivity contribution in [2.75, 3.05) is 19.5 Å². The van der Waals surface area contributed by atoms with Gasteiger partial charge in [0.1, 0.15) is 11.5 Å². The van der Waals surface area contributed by atoms with Crippen molar-refractivity contribution < 1.29 is 14.3 Å². The molecule has 0 unspecified atom stereocenters. The molecule has 0 aliphatic carbocycles. The second-order valence-corrected chi connectivity index (χ2v) is 4.28. The molecule has 0 saturated carbocycles. The molecule has 0 bridgehead atoms. The summed E-state index contributed by atoms with van der Waals surface area (Å²) in [6.45, 7) is 0. The van der Waals surface area contributed by atoms with Crippen molar-refractivity contribution in [1.29, 1.82) is 0 Å². The van der Waals surface area contributed by atoms with Gasteiger partial charge in [0.25, 0.3) is 0 Å². The maximum Gasteiger partial charge on any atom is 0.228 e. The second kappa shape index (κ2) is 6.61. The zero-order valence-corrected chi connectivity index (χ0v) is 11.6. The van der Waals surface area contributed by atoms with Gasteiger partial charge < -0.3 is 14.8 Å². The fourth-order valence-corrected chi connectivity index (χ4v) is 1.89. The Bertz CT molecular complexity index is 582. The third-order valence-corrected chi connectivity index (χ3v) is 2.89. The highest BCUT2D eigenvalue weighted by molar-refractivity contribution is 5.93. The van der Waals surface area contributed by atoms with E-state index >= 15 is 0 Å². The second-order valence-electron chi connectivity index (χ2n) is 4.28. The van der Waals surface area contributed by atoms with E-state index in [9.17, 15) is 4.79 Å². The first-order chi connectivity index (χ1) is 9.72. The third-order valence-electron chi connectivity index (χ3n) is 2.89. The number of benzene rings is 2. The smallest absolute Gasteiger partial charge is 0.228 e. The van der Waals surface area contributed by atoms with Gasteiger partial charge in [-0.05, 0) is 17.7 Å². The summed E-state index contributed by atoms with van der Waals surface area (Å²) in [7, 11) is 3.14. The number of anilines is 1. The van der Waals surface area contributed by atoms with Crippen molar-refractivity contribution in [2.45, 2.75) is 6.42 Å². The van der Waals surface area contributed by atoms with Gasteiger partial charge >= 0.3 is 0 Å². The number of amides is 1. The largest absolute Gasteiger partial charge is 0.497 e. The van der Waals surface area contributed by atoms with Crippen LogP contribution in [0.4, 0.5) is 5.69 Å². The van der Waals surface area contributed by atoms with E-state index in [4.69, 9.17) is 9.47 Å².